The summed E-state index contributed by atoms with van der Waals surface area (Å²) in [6.45, 7) is 4.14. The van der Waals surface area contributed by atoms with E-state index in [1.807, 2.05) is 6.92 Å². The lowest BCUT2D eigenvalue weighted by atomic mass is 10.2. The van der Waals surface area contributed by atoms with Crippen LogP contribution in [0.1, 0.15) is 18.1 Å². The van der Waals surface area contributed by atoms with Crippen molar-refractivity contribution in [2.75, 3.05) is 0 Å². The van der Waals surface area contributed by atoms with Crippen molar-refractivity contribution in [3.63, 3.8) is 0 Å². The van der Waals surface area contributed by atoms with E-state index in [0.29, 0.717) is 0 Å². The van der Waals surface area contributed by atoms with Crippen LogP contribution in [0.15, 0.2) is 12.1 Å². The summed E-state index contributed by atoms with van der Waals surface area (Å²) in [6, 6.07) is 10.2. The Kier molecular flexibility index (Phi) is 1.75. The summed E-state index contributed by atoms with van der Waals surface area (Å²) in [6.07, 6.45) is 1.05. The van der Waals surface area contributed by atoms with Crippen molar-refractivity contribution >= 4 is 0 Å². The predicted molar refractivity (Wildman–Crippen MR) is 38.2 cm³/mol. The van der Waals surface area contributed by atoms with Crippen molar-refractivity contribution in [3.8, 4) is 0 Å². The normalized spacial score (nSPS) is 8.67. The Hall–Kier alpha value is -0.960. The Bertz CT molecular complexity index is 172. The van der Waals surface area contributed by atoms with Crippen molar-refractivity contribution in [3.05, 3.63) is 35.4 Å². The first kappa shape index (κ1) is 6.16. The van der Waals surface area contributed by atoms with Crippen molar-refractivity contribution in [2.45, 2.75) is 20.3 Å². The van der Waals surface area contributed by atoms with Gasteiger partial charge in [-0.05, 0) is 25.0 Å². The van der Waals surface area contributed by atoms with Crippen LogP contribution < -0.4 is 0 Å². The van der Waals surface area contributed by atoms with Gasteiger partial charge in [-0.1, -0.05) is 25.1 Å². The molecule has 0 aliphatic heterocycles. The lowest BCUT2D eigenvalue weighted by molar-refractivity contribution is 1.14. The van der Waals surface area contributed by atoms with Crippen LogP contribution in [0.2, 0.25) is 0 Å². The summed E-state index contributed by atoms with van der Waals surface area (Å²) in [5.74, 6) is 0. The van der Waals surface area contributed by atoms with Gasteiger partial charge in [0.2, 0.25) is 0 Å². The predicted octanol–water partition coefficient (Wildman–Crippen LogP) is 2.16. The van der Waals surface area contributed by atoms with Crippen LogP contribution in [0.5, 0.6) is 0 Å². The lowest BCUT2D eigenvalue weighted by Crippen LogP contribution is -1.75. The Labute approximate surface area is 56.5 Å². The molecule has 9 heavy (non-hydrogen) atoms. The van der Waals surface area contributed by atoms with Gasteiger partial charge < -0.3 is 0 Å². The van der Waals surface area contributed by atoms with E-state index in [0.717, 1.165) is 12.0 Å². The lowest BCUT2D eigenvalue weighted by Gasteiger charge is -1.87. The summed E-state index contributed by atoms with van der Waals surface area (Å²) in [7, 11) is 0. The highest BCUT2D eigenvalue weighted by atomic mass is 13.9. The van der Waals surface area contributed by atoms with E-state index >= 15 is 0 Å². The van der Waals surface area contributed by atoms with Crippen LogP contribution in [0.25, 0.3) is 0 Å². The molecule has 0 fully saturated rings. The molecule has 0 saturated heterocycles. The van der Waals surface area contributed by atoms with Gasteiger partial charge in [0.15, 0.2) is 0 Å². The quantitative estimate of drug-likeness (QED) is 0.530. The second-order valence-corrected chi connectivity index (χ2v) is 2.15. The number of aryl methyl sites for hydroxylation is 2. The molecule has 0 heterocycles. The van der Waals surface area contributed by atoms with E-state index in [2.05, 4.69) is 31.2 Å². The van der Waals surface area contributed by atoms with E-state index in [1.54, 1.807) is 0 Å². The van der Waals surface area contributed by atoms with Crippen molar-refractivity contribution in [1.29, 1.82) is 0 Å². The highest BCUT2D eigenvalue weighted by Gasteiger charge is 1.82. The second kappa shape index (κ2) is 2.55. The Morgan fingerprint density at radius 3 is 2.56 bits per heavy atom. The molecule has 0 heteroatoms. The van der Waals surface area contributed by atoms with Gasteiger partial charge in [-0.25, -0.2) is 0 Å². The van der Waals surface area contributed by atoms with Crippen molar-refractivity contribution in [1.82, 2.24) is 0 Å². The zero-order chi connectivity index (χ0) is 6.69. The van der Waals surface area contributed by atoms with Crippen LogP contribution in [0, 0.1) is 19.1 Å². The first-order valence-electron chi connectivity index (χ1n) is 3.22. The monoisotopic (exact) mass is 118 g/mol. The van der Waals surface area contributed by atoms with E-state index in [-0.39, 0.29) is 0 Å². The van der Waals surface area contributed by atoms with Crippen molar-refractivity contribution in [2.24, 2.45) is 0 Å². The van der Waals surface area contributed by atoms with Crippen LogP contribution >= 0.6 is 0 Å². The third-order valence-corrected chi connectivity index (χ3v) is 1.34. The second-order valence-electron chi connectivity index (χ2n) is 2.15. The number of hydrogen-bond donors (Lipinski definition) is 0. The molecule has 0 bridgehead atoms. The van der Waals surface area contributed by atoms with Crippen LogP contribution in [0.3, 0.4) is 0 Å². The van der Waals surface area contributed by atoms with Gasteiger partial charge in [0, 0.05) is 5.56 Å². The molecule has 0 amide bonds. The molecule has 1 rings (SSSR count). The fourth-order valence-electron chi connectivity index (χ4n) is 0.694. The minimum atomic E-state index is 1.05. The first-order valence-corrected chi connectivity index (χ1v) is 3.22. The molecule has 0 N–H and O–H groups in total. The fourth-order valence-corrected chi connectivity index (χ4v) is 0.694. The van der Waals surface area contributed by atoms with E-state index in [1.165, 1.54) is 5.56 Å². The van der Waals surface area contributed by atoms with E-state index in [4.69, 9.17) is 0 Å². The molecule has 0 atom stereocenters. The molecule has 0 radical (unpaired) electrons. The minimum absolute atomic E-state index is 1.05. The molecule has 0 aliphatic rings. The molecule has 0 spiro atoms. The smallest absolute Gasteiger partial charge is 0.00215 e. The fraction of sp³-hybridized carbons (Fsp3) is 0.333. The van der Waals surface area contributed by atoms with Crippen molar-refractivity contribution < 1.29 is 0 Å². The zero-order valence-electron chi connectivity index (χ0n) is 5.86. The molecule has 1 aromatic rings. The molecule has 0 unspecified atom stereocenters. The SMILES string of the molecule is CCc1c#cc(C)cc1. The molecule has 0 nitrogen and oxygen atoms in total. The standard InChI is InChI=1S/C9H10/c1-3-9-6-4-8(2)5-7-9/h4,6H,3H2,1-2H3. The van der Waals surface area contributed by atoms with E-state index in [9.17, 15) is 0 Å². The zero-order valence-corrected chi connectivity index (χ0v) is 5.86. The Balaban J connectivity index is 2.88. The van der Waals surface area contributed by atoms with Gasteiger partial charge in [0.1, 0.15) is 0 Å². The van der Waals surface area contributed by atoms with Gasteiger partial charge in [0.05, 0.1) is 0 Å². The van der Waals surface area contributed by atoms with Gasteiger partial charge in [-0.15, -0.1) is 0 Å². The highest BCUT2D eigenvalue weighted by Crippen LogP contribution is 1.96. The van der Waals surface area contributed by atoms with Crippen LogP contribution in [0.4, 0.5) is 0 Å². The van der Waals surface area contributed by atoms with Crippen LogP contribution in [-0.4, -0.2) is 0 Å². The summed E-state index contributed by atoms with van der Waals surface area (Å²) < 4.78 is 0. The number of rotatable bonds is 1. The summed E-state index contributed by atoms with van der Waals surface area (Å²) >= 11 is 0. The molecule has 1 aromatic carbocycles. The van der Waals surface area contributed by atoms with Gasteiger partial charge >= 0.3 is 0 Å². The van der Waals surface area contributed by atoms with Crippen LogP contribution in [-0.2, 0) is 6.42 Å². The topological polar surface area (TPSA) is 0 Å². The average molecular weight is 118 g/mol. The summed E-state index contributed by atoms with van der Waals surface area (Å²) in [5, 5.41) is 0. The molecular weight excluding hydrogens is 108 g/mol. The summed E-state index contributed by atoms with van der Waals surface area (Å²) in [5.41, 5.74) is 2.40. The minimum Gasteiger partial charge on any atom is -0.0667 e. The average Bonchev–Trinajstić information content (AvgIpc) is 1.90. The van der Waals surface area contributed by atoms with Gasteiger partial charge in [-0.2, -0.15) is 0 Å². The molecular formula is C9H10. The summed E-state index contributed by atoms with van der Waals surface area (Å²) in [4.78, 5) is 0. The maximum atomic E-state index is 3.06. The molecule has 0 aromatic heterocycles. The first-order chi connectivity index (χ1) is 4.33. The molecule has 0 saturated carbocycles. The van der Waals surface area contributed by atoms with E-state index < -0.39 is 0 Å². The number of hydrogen-bond acceptors (Lipinski definition) is 0. The maximum absolute atomic E-state index is 3.06. The van der Waals surface area contributed by atoms with Gasteiger partial charge in [-0.3, -0.25) is 0 Å². The third-order valence-electron chi connectivity index (χ3n) is 1.34. The largest absolute Gasteiger partial charge is 0.0667 e. The molecule has 46 valence electrons. The molecule has 0 aliphatic carbocycles. The highest BCUT2D eigenvalue weighted by molar-refractivity contribution is 5.13. The maximum Gasteiger partial charge on any atom is 0.00215 e. The Morgan fingerprint density at radius 2 is 2.11 bits per heavy atom. The van der Waals surface area contributed by atoms with Gasteiger partial charge in [0.25, 0.3) is 0 Å². The third kappa shape index (κ3) is 1.47. The Morgan fingerprint density at radius 1 is 1.33 bits per heavy atom.